The largest absolute Gasteiger partial charge is 0.370 e. The number of rotatable bonds is 7. The monoisotopic (exact) mass is 241 g/mol. The zero-order valence-corrected chi connectivity index (χ0v) is 11.2. The van der Waals surface area contributed by atoms with Crippen molar-refractivity contribution in [2.75, 3.05) is 32.7 Å². The van der Waals surface area contributed by atoms with E-state index < -0.39 is 0 Å². The molecule has 4 heteroatoms. The highest BCUT2D eigenvalue weighted by atomic mass is 16.1. The summed E-state index contributed by atoms with van der Waals surface area (Å²) in [5, 5.41) is 3.52. The first-order chi connectivity index (χ1) is 8.08. The fourth-order valence-corrected chi connectivity index (χ4v) is 2.37. The Morgan fingerprint density at radius 2 is 2.29 bits per heavy atom. The highest BCUT2D eigenvalue weighted by molar-refractivity contribution is 5.73. The Morgan fingerprint density at radius 1 is 1.53 bits per heavy atom. The second-order valence-corrected chi connectivity index (χ2v) is 5.58. The minimum atomic E-state index is -0.190. The molecule has 0 spiro atoms. The number of piperidine rings is 1. The van der Waals surface area contributed by atoms with Crippen LogP contribution in [0.15, 0.2) is 0 Å². The van der Waals surface area contributed by atoms with Crippen molar-refractivity contribution in [3.63, 3.8) is 0 Å². The van der Waals surface area contributed by atoms with Crippen LogP contribution >= 0.6 is 0 Å². The van der Waals surface area contributed by atoms with Gasteiger partial charge in [-0.05, 0) is 44.3 Å². The van der Waals surface area contributed by atoms with E-state index in [-0.39, 0.29) is 5.91 Å². The summed E-state index contributed by atoms with van der Waals surface area (Å²) >= 11 is 0. The second-order valence-electron chi connectivity index (χ2n) is 5.58. The molecule has 0 saturated carbocycles. The van der Waals surface area contributed by atoms with E-state index in [9.17, 15) is 4.79 Å². The molecule has 1 fully saturated rings. The molecule has 1 rings (SSSR count). The standard InChI is InChI=1S/C13H27N3O/c1-11(2)8-15-9-12-4-3-6-16(10-12)7-5-13(14)17/h11-12,15H,3-10H2,1-2H3,(H2,14,17). The molecule has 100 valence electrons. The van der Waals surface area contributed by atoms with Gasteiger partial charge in [0.1, 0.15) is 0 Å². The zero-order valence-electron chi connectivity index (χ0n) is 11.2. The second kappa shape index (κ2) is 7.67. The van der Waals surface area contributed by atoms with Crippen molar-refractivity contribution in [1.29, 1.82) is 0 Å². The fourth-order valence-electron chi connectivity index (χ4n) is 2.37. The van der Waals surface area contributed by atoms with E-state index in [1.54, 1.807) is 0 Å². The van der Waals surface area contributed by atoms with Crippen LogP contribution in [0, 0.1) is 11.8 Å². The van der Waals surface area contributed by atoms with E-state index in [0.717, 1.165) is 38.6 Å². The number of hydrogen-bond acceptors (Lipinski definition) is 3. The molecule has 0 bridgehead atoms. The van der Waals surface area contributed by atoms with Crippen LogP contribution in [0.2, 0.25) is 0 Å². The molecule has 0 aliphatic carbocycles. The third-order valence-corrected chi connectivity index (χ3v) is 3.26. The predicted molar refractivity (Wildman–Crippen MR) is 70.7 cm³/mol. The number of nitrogens with zero attached hydrogens (tertiary/aromatic N) is 1. The molecule has 0 aromatic carbocycles. The normalized spacial score (nSPS) is 21.9. The molecule has 1 saturated heterocycles. The van der Waals surface area contributed by atoms with E-state index in [1.807, 2.05) is 0 Å². The van der Waals surface area contributed by atoms with Gasteiger partial charge in [0.25, 0.3) is 0 Å². The molecule has 4 nitrogen and oxygen atoms in total. The summed E-state index contributed by atoms with van der Waals surface area (Å²) in [4.78, 5) is 13.1. The molecule has 1 aliphatic heterocycles. The Labute approximate surface area is 105 Å². The van der Waals surface area contributed by atoms with E-state index in [2.05, 4.69) is 24.1 Å². The van der Waals surface area contributed by atoms with Gasteiger partial charge in [-0.2, -0.15) is 0 Å². The van der Waals surface area contributed by atoms with Gasteiger partial charge in [0.05, 0.1) is 0 Å². The number of likely N-dealkylation sites (tertiary alicyclic amines) is 1. The lowest BCUT2D eigenvalue weighted by Gasteiger charge is -2.32. The number of nitrogens with two attached hydrogens (primary N) is 1. The molecule has 0 aromatic rings. The van der Waals surface area contributed by atoms with Gasteiger partial charge in [0.2, 0.25) is 5.91 Å². The third-order valence-electron chi connectivity index (χ3n) is 3.26. The molecule has 1 atom stereocenters. The maximum absolute atomic E-state index is 10.8. The first-order valence-corrected chi connectivity index (χ1v) is 6.79. The van der Waals surface area contributed by atoms with Gasteiger partial charge in [0.15, 0.2) is 0 Å². The number of carbonyl (C=O) groups is 1. The highest BCUT2D eigenvalue weighted by Gasteiger charge is 2.19. The lowest BCUT2D eigenvalue weighted by atomic mass is 9.97. The first kappa shape index (κ1) is 14.5. The summed E-state index contributed by atoms with van der Waals surface area (Å²) in [5.41, 5.74) is 5.18. The summed E-state index contributed by atoms with van der Waals surface area (Å²) in [6.45, 7) is 9.71. The predicted octanol–water partition coefficient (Wildman–Crippen LogP) is 0.819. The molecule has 3 N–H and O–H groups in total. The Bertz CT molecular complexity index is 231. The van der Waals surface area contributed by atoms with Crippen molar-refractivity contribution in [2.45, 2.75) is 33.1 Å². The zero-order chi connectivity index (χ0) is 12.7. The van der Waals surface area contributed by atoms with Crippen molar-refractivity contribution in [2.24, 2.45) is 17.6 Å². The van der Waals surface area contributed by atoms with Gasteiger partial charge in [-0.1, -0.05) is 13.8 Å². The summed E-state index contributed by atoms with van der Waals surface area (Å²) in [7, 11) is 0. The Balaban J connectivity index is 2.17. The maximum atomic E-state index is 10.8. The van der Waals surface area contributed by atoms with Crippen LogP contribution in [-0.4, -0.2) is 43.5 Å². The van der Waals surface area contributed by atoms with Crippen molar-refractivity contribution < 1.29 is 4.79 Å². The average Bonchev–Trinajstić information content (AvgIpc) is 2.26. The third kappa shape index (κ3) is 6.64. The van der Waals surface area contributed by atoms with Crippen molar-refractivity contribution in [3.8, 4) is 0 Å². The van der Waals surface area contributed by atoms with Gasteiger partial charge in [-0.15, -0.1) is 0 Å². The van der Waals surface area contributed by atoms with E-state index >= 15 is 0 Å². The van der Waals surface area contributed by atoms with Gasteiger partial charge < -0.3 is 16.0 Å². The van der Waals surface area contributed by atoms with Gasteiger partial charge in [-0.25, -0.2) is 0 Å². The molecular formula is C13H27N3O. The van der Waals surface area contributed by atoms with Crippen LogP contribution in [0.1, 0.15) is 33.1 Å². The number of amides is 1. The minimum Gasteiger partial charge on any atom is -0.370 e. The molecular weight excluding hydrogens is 214 g/mol. The van der Waals surface area contributed by atoms with Crippen molar-refractivity contribution in [3.05, 3.63) is 0 Å². The smallest absolute Gasteiger partial charge is 0.218 e. The van der Waals surface area contributed by atoms with Crippen molar-refractivity contribution >= 4 is 5.91 Å². The molecule has 17 heavy (non-hydrogen) atoms. The number of nitrogens with one attached hydrogen (secondary N) is 1. The molecule has 0 aromatic heterocycles. The molecule has 1 unspecified atom stereocenters. The Morgan fingerprint density at radius 3 is 2.94 bits per heavy atom. The molecule has 0 radical (unpaired) electrons. The van der Waals surface area contributed by atoms with Gasteiger partial charge in [-0.3, -0.25) is 4.79 Å². The number of primary amides is 1. The van der Waals surface area contributed by atoms with Crippen LogP contribution in [0.3, 0.4) is 0 Å². The molecule has 1 heterocycles. The van der Waals surface area contributed by atoms with E-state index in [0.29, 0.717) is 12.3 Å². The molecule has 1 aliphatic rings. The quantitative estimate of drug-likeness (QED) is 0.694. The van der Waals surface area contributed by atoms with Crippen LogP contribution in [0.25, 0.3) is 0 Å². The van der Waals surface area contributed by atoms with Gasteiger partial charge >= 0.3 is 0 Å². The first-order valence-electron chi connectivity index (χ1n) is 6.79. The van der Waals surface area contributed by atoms with Crippen LogP contribution in [0.5, 0.6) is 0 Å². The van der Waals surface area contributed by atoms with E-state index in [4.69, 9.17) is 5.73 Å². The molecule has 1 amide bonds. The average molecular weight is 241 g/mol. The number of hydrogen-bond donors (Lipinski definition) is 2. The maximum Gasteiger partial charge on any atom is 0.218 e. The van der Waals surface area contributed by atoms with E-state index in [1.165, 1.54) is 12.8 Å². The Kier molecular flexibility index (Phi) is 6.52. The van der Waals surface area contributed by atoms with Crippen LogP contribution in [-0.2, 0) is 4.79 Å². The SMILES string of the molecule is CC(C)CNCC1CCCN(CCC(N)=O)C1. The summed E-state index contributed by atoms with van der Waals surface area (Å²) < 4.78 is 0. The summed E-state index contributed by atoms with van der Waals surface area (Å²) in [6, 6.07) is 0. The fraction of sp³-hybridized carbons (Fsp3) is 0.923. The Hall–Kier alpha value is -0.610. The number of carbonyl (C=O) groups excluding carboxylic acids is 1. The summed E-state index contributed by atoms with van der Waals surface area (Å²) in [5.74, 6) is 1.25. The minimum absolute atomic E-state index is 0.190. The summed E-state index contributed by atoms with van der Waals surface area (Å²) in [6.07, 6.45) is 3.04. The lowest BCUT2D eigenvalue weighted by Crippen LogP contribution is -2.41. The topological polar surface area (TPSA) is 58.4 Å². The van der Waals surface area contributed by atoms with Crippen molar-refractivity contribution in [1.82, 2.24) is 10.2 Å². The van der Waals surface area contributed by atoms with Crippen LogP contribution in [0.4, 0.5) is 0 Å². The lowest BCUT2D eigenvalue weighted by molar-refractivity contribution is -0.118. The van der Waals surface area contributed by atoms with Gasteiger partial charge in [0, 0.05) is 19.5 Å². The van der Waals surface area contributed by atoms with Crippen LogP contribution < -0.4 is 11.1 Å². The highest BCUT2D eigenvalue weighted by Crippen LogP contribution is 2.15.